The Morgan fingerprint density at radius 1 is 1.18 bits per heavy atom. The van der Waals surface area contributed by atoms with Crippen molar-refractivity contribution < 1.29 is 9.53 Å². The predicted molar refractivity (Wildman–Crippen MR) is 132 cm³/mol. The van der Waals surface area contributed by atoms with Gasteiger partial charge in [0.15, 0.2) is 5.82 Å². The predicted octanol–water partition coefficient (Wildman–Crippen LogP) is 4.77. The van der Waals surface area contributed by atoms with E-state index in [0.717, 1.165) is 43.1 Å². The molecule has 2 aromatic heterocycles. The summed E-state index contributed by atoms with van der Waals surface area (Å²) < 4.78 is 4.89. The zero-order valence-electron chi connectivity index (χ0n) is 20.9. The minimum Gasteiger partial charge on any atom is -0.453 e. The highest BCUT2D eigenvalue weighted by Crippen LogP contribution is 2.42. The minimum atomic E-state index is -0.355. The number of hydrogen-bond acceptors (Lipinski definition) is 7. The maximum atomic E-state index is 12.0. The van der Waals surface area contributed by atoms with Crippen molar-refractivity contribution in [2.45, 2.75) is 96.2 Å². The molecule has 4 rings (SSSR count). The van der Waals surface area contributed by atoms with E-state index < -0.39 is 0 Å². The van der Waals surface area contributed by atoms with Gasteiger partial charge < -0.3 is 20.7 Å². The number of rotatable bonds is 7. The second-order valence-electron chi connectivity index (χ2n) is 10.8. The number of aromatic amines is 1. The fourth-order valence-corrected chi connectivity index (χ4v) is 5.39. The van der Waals surface area contributed by atoms with Gasteiger partial charge in [0.05, 0.1) is 13.7 Å². The van der Waals surface area contributed by atoms with Gasteiger partial charge >= 0.3 is 6.09 Å². The number of alkyl carbamates (subject to hydrolysis) is 1. The van der Waals surface area contributed by atoms with Crippen molar-refractivity contribution in [1.82, 2.24) is 30.8 Å². The second-order valence-corrected chi connectivity index (χ2v) is 10.8. The summed E-state index contributed by atoms with van der Waals surface area (Å²) in [6, 6.07) is 4.32. The molecule has 2 aliphatic rings. The maximum absolute atomic E-state index is 12.0. The van der Waals surface area contributed by atoms with Crippen molar-refractivity contribution in [2.24, 2.45) is 5.41 Å². The zero-order chi connectivity index (χ0) is 24.2. The number of nitrogens with zero attached hydrogens (tertiary/aromatic N) is 3. The summed E-state index contributed by atoms with van der Waals surface area (Å²) in [6.07, 6.45) is 10.2. The Balaban J connectivity index is 1.30. The molecule has 186 valence electrons. The molecule has 2 aromatic rings. The SMILES string of the molecule is COC(=O)NC1(C(C)(C)C)CCC(NCc2nccc(Nc3cc(C4CCCC4)[nH]n3)n2)CC1. The highest BCUT2D eigenvalue weighted by molar-refractivity contribution is 5.68. The van der Waals surface area contributed by atoms with Crippen LogP contribution in [0.1, 0.15) is 89.6 Å². The van der Waals surface area contributed by atoms with Crippen molar-refractivity contribution in [3.63, 3.8) is 0 Å². The van der Waals surface area contributed by atoms with Crippen LogP contribution >= 0.6 is 0 Å². The maximum Gasteiger partial charge on any atom is 0.407 e. The van der Waals surface area contributed by atoms with Crippen LogP contribution in [0.4, 0.5) is 16.4 Å². The van der Waals surface area contributed by atoms with Crippen molar-refractivity contribution in [2.75, 3.05) is 12.4 Å². The van der Waals surface area contributed by atoms with Crippen LogP contribution in [-0.2, 0) is 11.3 Å². The molecule has 2 saturated carbocycles. The van der Waals surface area contributed by atoms with Gasteiger partial charge in [0.2, 0.25) is 0 Å². The lowest BCUT2D eigenvalue weighted by atomic mass is 9.64. The Morgan fingerprint density at radius 3 is 2.59 bits per heavy atom. The molecule has 34 heavy (non-hydrogen) atoms. The van der Waals surface area contributed by atoms with Crippen LogP contribution in [0.2, 0.25) is 0 Å². The van der Waals surface area contributed by atoms with Gasteiger partial charge in [0, 0.05) is 35.5 Å². The number of anilines is 2. The van der Waals surface area contributed by atoms with Crippen molar-refractivity contribution >= 4 is 17.7 Å². The number of carbonyl (C=O) groups excluding carboxylic acids is 1. The summed E-state index contributed by atoms with van der Waals surface area (Å²) in [5.41, 5.74) is 0.889. The number of carbonyl (C=O) groups is 1. The van der Waals surface area contributed by atoms with Gasteiger partial charge in [-0.25, -0.2) is 14.8 Å². The average Bonchev–Trinajstić information content (AvgIpc) is 3.50. The third-order valence-electron chi connectivity index (χ3n) is 7.70. The normalized spacial score (nSPS) is 23.6. The Morgan fingerprint density at radius 2 is 1.91 bits per heavy atom. The first kappa shape index (κ1) is 24.4. The monoisotopic (exact) mass is 469 g/mol. The topological polar surface area (TPSA) is 117 Å². The van der Waals surface area contributed by atoms with E-state index in [4.69, 9.17) is 4.74 Å². The van der Waals surface area contributed by atoms with Gasteiger partial charge in [-0.2, -0.15) is 5.10 Å². The van der Waals surface area contributed by atoms with E-state index in [1.165, 1.54) is 38.5 Å². The summed E-state index contributed by atoms with van der Waals surface area (Å²) in [4.78, 5) is 21.1. The molecule has 0 unspecified atom stereocenters. The van der Waals surface area contributed by atoms with Crippen LogP contribution in [-0.4, -0.2) is 44.9 Å². The molecule has 0 spiro atoms. The number of nitrogens with one attached hydrogen (secondary N) is 4. The fourth-order valence-electron chi connectivity index (χ4n) is 5.39. The van der Waals surface area contributed by atoms with Crippen LogP contribution < -0.4 is 16.0 Å². The largest absolute Gasteiger partial charge is 0.453 e. The molecule has 0 radical (unpaired) electrons. The van der Waals surface area contributed by atoms with Gasteiger partial charge in [-0.15, -0.1) is 0 Å². The first-order valence-corrected chi connectivity index (χ1v) is 12.5. The van der Waals surface area contributed by atoms with Crippen LogP contribution in [0.3, 0.4) is 0 Å². The third-order valence-corrected chi connectivity index (χ3v) is 7.70. The molecule has 9 nitrogen and oxygen atoms in total. The smallest absolute Gasteiger partial charge is 0.407 e. The van der Waals surface area contributed by atoms with Gasteiger partial charge in [0.25, 0.3) is 0 Å². The molecule has 2 heterocycles. The highest BCUT2D eigenvalue weighted by atomic mass is 16.5. The first-order valence-electron chi connectivity index (χ1n) is 12.5. The van der Waals surface area contributed by atoms with Crippen LogP contribution in [0.25, 0.3) is 0 Å². The Kier molecular flexibility index (Phi) is 7.40. The first-order chi connectivity index (χ1) is 16.3. The molecule has 0 aromatic carbocycles. The number of H-pyrrole nitrogens is 1. The number of amides is 1. The van der Waals surface area contributed by atoms with E-state index in [0.29, 0.717) is 18.5 Å². The van der Waals surface area contributed by atoms with Crippen molar-refractivity contribution in [3.05, 3.63) is 29.8 Å². The van der Waals surface area contributed by atoms with E-state index in [2.05, 4.69) is 63.0 Å². The Labute approximate surface area is 202 Å². The molecule has 0 aliphatic heterocycles. The van der Waals surface area contributed by atoms with Crippen molar-refractivity contribution in [1.29, 1.82) is 0 Å². The Bertz CT molecular complexity index is 954. The van der Waals surface area contributed by atoms with E-state index in [1.54, 1.807) is 6.20 Å². The average molecular weight is 470 g/mol. The quantitative estimate of drug-likeness (QED) is 0.461. The molecule has 9 heteroatoms. The van der Waals surface area contributed by atoms with Crippen LogP contribution in [0, 0.1) is 5.41 Å². The summed E-state index contributed by atoms with van der Waals surface area (Å²) in [7, 11) is 1.42. The van der Waals surface area contributed by atoms with Gasteiger partial charge in [0.1, 0.15) is 11.6 Å². The van der Waals surface area contributed by atoms with Crippen LogP contribution in [0.15, 0.2) is 18.3 Å². The van der Waals surface area contributed by atoms with Gasteiger partial charge in [-0.1, -0.05) is 33.6 Å². The van der Waals surface area contributed by atoms with E-state index in [-0.39, 0.29) is 17.0 Å². The summed E-state index contributed by atoms with van der Waals surface area (Å²) in [6.45, 7) is 7.14. The lowest BCUT2D eigenvalue weighted by molar-refractivity contribution is 0.0683. The standard InChI is InChI=1S/C25H39N7O2/c1-24(2,3)25(30-23(33)34-4)12-9-18(10-13-25)27-16-22-26-14-11-20(29-22)28-21-15-19(31-32-21)17-7-5-6-8-17/h11,14-15,17-18,27H,5-10,12-13,16H2,1-4H3,(H,30,33)(H2,26,28,29,31,32). The van der Waals surface area contributed by atoms with Crippen molar-refractivity contribution in [3.8, 4) is 0 Å². The molecule has 0 bridgehead atoms. The summed E-state index contributed by atoms with van der Waals surface area (Å²) in [5.74, 6) is 2.89. The lowest BCUT2D eigenvalue weighted by Crippen LogP contribution is -2.60. The molecule has 0 saturated heterocycles. The number of methoxy groups -OCH3 is 1. The number of hydrogen-bond donors (Lipinski definition) is 4. The number of ether oxygens (including phenoxy) is 1. The summed E-state index contributed by atoms with van der Waals surface area (Å²) in [5, 5.41) is 17.6. The molecular formula is C25H39N7O2. The third kappa shape index (κ3) is 5.68. The highest BCUT2D eigenvalue weighted by Gasteiger charge is 2.45. The molecule has 1 amide bonds. The minimum absolute atomic E-state index is 0.0564. The number of aromatic nitrogens is 4. The van der Waals surface area contributed by atoms with Gasteiger partial charge in [-0.05, 0) is 50.0 Å². The molecule has 0 atom stereocenters. The van der Waals surface area contributed by atoms with E-state index >= 15 is 0 Å². The summed E-state index contributed by atoms with van der Waals surface area (Å²) >= 11 is 0. The zero-order valence-corrected chi connectivity index (χ0v) is 20.9. The van der Waals surface area contributed by atoms with Gasteiger partial charge in [-0.3, -0.25) is 5.10 Å². The lowest BCUT2D eigenvalue weighted by Gasteiger charge is -2.49. The van der Waals surface area contributed by atoms with E-state index in [1.807, 2.05) is 6.07 Å². The Hall–Kier alpha value is -2.68. The molecule has 4 N–H and O–H groups in total. The fraction of sp³-hybridized carbons (Fsp3) is 0.680. The molecular weight excluding hydrogens is 430 g/mol. The molecule has 2 fully saturated rings. The second kappa shape index (κ2) is 10.3. The van der Waals surface area contributed by atoms with Crippen LogP contribution in [0.5, 0.6) is 0 Å². The molecule has 2 aliphatic carbocycles. The van der Waals surface area contributed by atoms with E-state index in [9.17, 15) is 4.79 Å².